The van der Waals surface area contributed by atoms with Gasteiger partial charge in [-0.1, -0.05) is 0 Å². The van der Waals surface area contributed by atoms with Crippen molar-refractivity contribution in [1.29, 1.82) is 0 Å². The number of hydrogen-bond acceptors (Lipinski definition) is 5. The Hall–Kier alpha value is -1.88. The van der Waals surface area contributed by atoms with Crippen LogP contribution in [-0.4, -0.2) is 16.8 Å². The van der Waals surface area contributed by atoms with E-state index in [1.165, 1.54) is 5.56 Å². The minimum Gasteiger partial charge on any atom is -0.487 e. The van der Waals surface area contributed by atoms with E-state index in [0.717, 1.165) is 34.1 Å². The van der Waals surface area contributed by atoms with Crippen LogP contribution in [0.15, 0.2) is 22.6 Å². The summed E-state index contributed by atoms with van der Waals surface area (Å²) in [5, 5.41) is 7.07. The van der Waals surface area contributed by atoms with Gasteiger partial charge in [0.05, 0.1) is 11.9 Å². The van der Waals surface area contributed by atoms with Crippen molar-refractivity contribution in [2.24, 2.45) is 5.10 Å². The highest BCUT2D eigenvalue weighted by molar-refractivity contribution is 7.13. The predicted molar refractivity (Wildman–Crippen MR) is 87.7 cm³/mol. The van der Waals surface area contributed by atoms with Crippen LogP contribution in [0.4, 0.5) is 5.13 Å². The van der Waals surface area contributed by atoms with Crippen molar-refractivity contribution >= 4 is 22.7 Å². The maximum atomic E-state index is 5.99. The molecule has 0 amide bonds. The fraction of sp³-hybridized carbons (Fsp3) is 0.375. The number of anilines is 1. The van der Waals surface area contributed by atoms with Crippen molar-refractivity contribution in [1.82, 2.24) is 4.98 Å². The summed E-state index contributed by atoms with van der Waals surface area (Å²) in [5.41, 5.74) is 7.35. The predicted octanol–water partition coefficient (Wildman–Crippen LogP) is 3.92. The third-order valence-corrected chi connectivity index (χ3v) is 4.23. The Morgan fingerprint density at radius 3 is 2.90 bits per heavy atom. The van der Waals surface area contributed by atoms with Crippen molar-refractivity contribution in [3.8, 4) is 5.75 Å². The topological polar surface area (TPSA) is 46.5 Å². The molecule has 0 aliphatic carbocycles. The van der Waals surface area contributed by atoms with Crippen molar-refractivity contribution in [2.45, 2.75) is 39.7 Å². The highest BCUT2D eigenvalue weighted by Gasteiger charge is 2.31. The Morgan fingerprint density at radius 1 is 1.38 bits per heavy atom. The summed E-state index contributed by atoms with van der Waals surface area (Å²) >= 11 is 1.55. The average molecular weight is 301 g/mol. The normalized spacial score (nSPS) is 16.0. The molecule has 2 heterocycles. The molecule has 0 saturated heterocycles. The summed E-state index contributed by atoms with van der Waals surface area (Å²) in [5.74, 6) is 1.03. The molecule has 1 aromatic heterocycles. The Balaban J connectivity index is 1.77. The summed E-state index contributed by atoms with van der Waals surface area (Å²) < 4.78 is 5.99. The number of nitrogens with zero attached hydrogens (tertiary/aromatic N) is 2. The van der Waals surface area contributed by atoms with Crippen molar-refractivity contribution in [2.75, 3.05) is 5.43 Å². The molecule has 1 aliphatic rings. The van der Waals surface area contributed by atoms with E-state index in [2.05, 4.69) is 48.4 Å². The highest BCUT2D eigenvalue weighted by atomic mass is 32.1. The van der Waals surface area contributed by atoms with E-state index < -0.39 is 0 Å². The van der Waals surface area contributed by atoms with Gasteiger partial charge in [-0.3, -0.25) is 5.43 Å². The molecular weight excluding hydrogens is 282 g/mol. The molecule has 0 unspecified atom stereocenters. The molecule has 3 rings (SSSR count). The van der Waals surface area contributed by atoms with Crippen LogP contribution in [0.25, 0.3) is 0 Å². The van der Waals surface area contributed by atoms with Crippen molar-refractivity contribution in [3.05, 3.63) is 39.9 Å². The molecular formula is C16H19N3OS. The summed E-state index contributed by atoms with van der Waals surface area (Å²) in [7, 11) is 0. The monoisotopic (exact) mass is 301 g/mol. The minimum atomic E-state index is -0.112. The van der Waals surface area contributed by atoms with E-state index in [4.69, 9.17) is 4.74 Å². The van der Waals surface area contributed by atoms with Crippen LogP contribution in [0.3, 0.4) is 0 Å². The maximum Gasteiger partial charge on any atom is 0.203 e. The second kappa shape index (κ2) is 5.15. The van der Waals surface area contributed by atoms with Gasteiger partial charge >= 0.3 is 0 Å². The van der Waals surface area contributed by atoms with E-state index in [9.17, 15) is 0 Å². The Labute approximate surface area is 128 Å². The molecule has 0 atom stereocenters. The molecule has 0 spiro atoms. The molecule has 21 heavy (non-hydrogen) atoms. The van der Waals surface area contributed by atoms with Gasteiger partial charge < -0.3 is 4.74 Å². The Kier molecular flexibility index (Phi) is 3.45. The summed E-state index contributed by atoms with van der Waals surface area (Å²) in [6.07, 6.45) is 2.76. The minimum absolute atomic E-state index is 0.112. The molecule has 1 N–H and O–H groups in total. The maximum absolute atomic E-state index is 5.99. The van der Waals surface area contributed by atoms with Crippen LogP contribution >= 0.6 is 11.3 Å². The molecule has 0 fully saturated rings. The lowest BCUT2D eigenvalue weighted by Crippen LogP contribution is -2.24. The van der Waals surface area contributed by atoms with Crippen LogP contribution in [0.2, 0.25) is 0 Å². The van der Waals surface area contributed by atoms with Gasteiger partial charge in [0, 0.05) is 11.8 Å². The number of thiazole rings is 1. The third-order valence-electron chi connectivity index (χ3n) is 3.36. The lowest BCUT2D eigenvalue weighted by Gasteiger charge is -2.17. The fourth-order valence-electron chi connectivity index (χ4n) is 2.57. The molecule has 110 valence electrons. The number of hydrogen-bond donors (Lipinski definition) is 1. The van der Waals surface area contributed by atoms with Gasteiger partial charge in [0.2, 0.25) is 5.13 Å². The van der Waals surface area contributed by atoms with Gasteiger partial charge in [-0.2, -0.15) is 5.10 Å². The van der Waals surface area contributed by atoms with Gasteiger partial charge in [-0.15, -0.1) is 11.3 Å². The number of benzene rings is 1. The number of nitrogens with one attached hydrogen (secondary N) is 1. The van der Waals surface area contributed by atoms with Gasteiger partial charge in [0.15, 0.2) is 0 Å². The zero-order valence-electron chi connectivity index (χ0n) is 12.7. The first-order valence-electron chi connectivity index (χ1n) is 6.97. The molecule has 1 aliphatic heterocycles. The molecule has 0 bridgehead atoms. The van der Waals surface area contributed by atoms with Gasteiger partial charge in [-0.05, 0) is 56.5 Å². The van der Waals surface area contributed by atoms with Crippen LogP contribution in [0.5, 0.6) is 5.75 Å². The second-order valence-electron chi connectivity index (χ2n) is 6.03. The number of aromatic nitrogens is 1. The first-order chi connectivity index (χ1) is 9.93. The van der Waals surface area contributed by atoms with E-state index in [1.54, 1.807) is 11.3 Å². The Morgan fingerprint density at radius 2 is 2.19 bits per heavy atom. The first-order valence-corrected chi connectivity index (χ1v) is 7.85. The SMILES string of the molecule is Cc1csc(NN=Cc2cc(C)c3c(c2)CC(C)(C)O3)n1. The molecule has 0 saturated carbocycles. The van der Waals surface area contributed by atoms with Gasteiger partial charge in [0.1, 0.15) is 11.4 Å². The lowest BCUT2D eigenvalue weighted by atomic mass is 9.99. The molecule has 0 radical (unpaired) electrons. The first kappa shape index (κ1) is 14.1. The average Bonchev–Trinajstić information content (AvgIpc) is 2.92. The largest absolute Gasteiger partial charge is 0.487 e. The fourth-order valence-corrected chi connectivity index (χ4v) is 3.20. The Bertz CT molecular complexity index is 704. The van der Waals surface area contributed by atoms with Gasteiger partial charge in [0.25, 0.3) is 0 Å². The number of fused-ring (bicyclic) bond motifs is 1. The highest BCUT2D eigenvalue weighted by Crippen LogP contribution is 2.37. The molecule has 4 nitrogen and oxygen atoms in total. The quantitative estimate of drug-likeness (QED) is 0.690. The van der Waals surface area contributed by atoms with Crippen LogP contribution in [0.1, 0.15) is 36.2 Å². The van der Waals surface area contributed by atoms with Gasteiger partial charge in [-0.25, -0.2) is 4.98 Å². The van der Waals surface area contributed by atoms with E-state index >= 15 is 0 Å². The number of rotatable bonds is 3. The second-order valence-corrected chi connectivity index (χ2v) is 6.89. The van der Waals surface area contributed by atoms with Crippen molar-refractivity contribution in [3.63, 3.8) is 0 Å². The zero-order valence-corrected chi connectivity index (χ0v) is 13.5. The summed E-state index contributed by atoms with van der Waals surface area (Å²) in [6.45, 7) is 8.28. The van der Waals surface area contributed by atoms with Crippen LogP contribution in [-0.2, 0) is 6.42 Å². The number of hydrazone groups is 1. The standard InChI is InChI=1S/C16H19N3OS/c1-10-5-12(6-13-7-16(3,4)20-14(10)13)8-17-19-15-18-11(2)9-21-15/h5-6,8-9H,7H2,1-4H3,(H,18,19). The smallest absolute Gasteiger partial charge is 0.203 e. The zero-order chi connectivity index (χ0) is 15.0. The number of ether oxygens (including phenoxy) is 1. The van der Waals surface area contributed by atoms with E-state index in [1.807, 2.05) is 18.5 Å². The third kappa shape index (κ3) is 3.08. The number of aryl methyl sites for hydroxylation is 2. The molecule has 5 heteroatoms. The summed E-state index contributed by atoms with van der Waals surface area (Å²) in [6, 6.07) is 4.24. The molecule has 2 aromatic rings. The molecule has 1 aromatic carbocycles. The van der Waals surface area contributed by atoms with E-state index in [0.29, 0.717) is 0 Å². The van der Waals surface area contributed by atoms with Crippen LogP contribution < -0.4 is 10.2 Å². The van der Waals surface area contributed by atoms with E-state index in [-0.39, 0.29) is 5.60 Å². The van der Waals surface area contributed by atoms with Crippen LogP contribution in [0, 0.1) is 13.8 Å². The summed E-state index contributed by atoms with van der Waals surface area (Å²) in [4.78, 5) is 4.31. The lowest BCUT2D eigenvalue weighted by molar-refractivity contribution is 0.137. The van der Waals surface area contributed by atoms with Crippen molar-refractivity contribution < 1.29 is 4.74 Å².